The fourth-order valence-electron chi connectivity index (χ4n) is 3.39. The van der Waals surface area contributed by atoms with E-state index in [9.17, 15) is 19.2 Å². The lowest BCUT2D eigenvalue weighted by Gasteiger charge is -2.16. The monoisotopic (exact) mass is 488 g/mol. The van der Waals surface area contributed by atoms with E-state index in [-0.39, 0.29) is 43.9 Å². The lowest BCUT2D eigenvalue weighted by atomic mass is 10.1. The molecule has 3 rings (SSSR count). The van der Waals surface area contributed by atoms with Crippen LogP contribution in [-0.2, 0) is 16.1 Å². The number of carbonyl (C=O) groups is 4. The van der Waals surface area contributed by atoms with Crippen LogP contribution in [0.4, 0.5) is 0 Å². The molecule has 0 saturated heterocycles. The first-order valence-electron chi connectivity index (χ1n) is 10.3. The van der Waals surface area contributed by atoms with Crippen LogP contribution < -0.4 is 9.46 Å². The lowest BCUT2D eigenvalue weighted by molar-refractivity contribution is -0.145. The number of rotatable bonds is 10. The van der Waals surface area contributed by atoms with Gasteiger partial charge < -0.3 is 14.4 Å². The Morgan fingerprint density at radius 2 is 1.88 bits per heavy atom. The molecular formula is C23H24N2O6S2. The molecule has 174 valence electrons. The topological polar surface area (TPSA) is 102 Å². The average Bonchev–Trinajstić information content (AvgIpc) is 3.12. The van der Waals surface area contributed by atoms with Crippen molar-refractivity contribution in [3.63, 3.8) is 0 Å². The number of Topliss-reactive ketones (excluding diaryl/α,β-unsaturated/α-hetero) is 1. The standard InChI is InChI=1S/C23H24N2O6S2/c1-3-30-21(27)13-31-19-8-6-14(10-20(19)33-4-2)18(26)12-25-11-16-9-15(22(28)24-32)5-7-17(16)23(25)29/h5-10,32H,3-4,11-13H2,1-2H3,(H,24,28). The van der Waals surface area contributed by atoms with Gasteiger partial charge in [-0.15, -0.1) is 11.8 Å². The summed E-state index contributed by atoms with van der Waals surface area (Å²) in [5.41, 5.74) is 1.99. The molecule has 0 unspecified atom stereocenters. The minimum absolute atomic E-state index is 0.0964. The zero-order valence-corrected chi connectivity index (χ0v) is 20.0. The van der Waals surface area contributed by atoms with Crippen LogP contribution in [0.1, 0.15) is 50.5 Å². The fraction of sp³-hybridized carbons (Fsp3) is 0.304. The summed E-state index contributed by atoms with van der Waals surface area (Å²) >= 11 is 5.24. The number of fused-ring (bicyclic) bond motifs is 1. The summed E-state index contributed by atoms with van der Waals surface area (Å²) < 4.78 is 12.7. The second kappa shape index (κ2) is 11.2. The van der Waals surface area contributed by atoms with Crippen molar-refractivity contribution >= 4 is 48.1 Å². The van der Waals surface area contributed by atoms with Gasteiger partial charge in [-0.05, 0) is 54.6 Å². The van der Waals surface area contributed by atoms with Crippen molar-refractivity contribution in [1.82, 2.24) is 9.62 Å². The zero-order valence-electron chi connectivity index (χ0n) is 18.3. The highest BCUT2D eigenvalue weighted by Crippen LogP contribution is 2.31. The molecule has 0 saturated carbocycles. The van der Waals surface area contributed by atoms with Crippen LogP contribution in [0.15, 0.2) is 41.3 Å². The van der Waals surface area contributed by atoms with Gasteiger partial charge in [-0.3, -0.25) is 19.1 Å². The molecule has 1 heterocycles. The van der Waals surface area contributed by atoms with Crippen LogP contribution in [-0.4, -0.2) is 54.0 Å². The van der Waals surface area contributed by atoms with Crippen LogP contribution in [0, 0.1) is 0 Å². The highest BCUT2D eigenvalue weighted by atomic mass is 32.2. The highest BCUT2D eigenvalue weighted by molar-refractivity contribution is 7.99. The summed E-state index contributed by atoms with van der Waals surface area (Å²) in [5, 5.41) is 0. The second-order valence-corrected chi connectivity index (χ2v) is 8.61. The number of esters is 1. The molecule has 1 N–H and O–H groups in total. The van der Waals surface area contributed by atoms with E-state index in [4.69, 9.17) is 9.47 Å². The Kier molecular flexibility index (Phi) is 8.40. The second-order valence-electron chi connectivity index (χ2n) is 7.09. The zero-order chi connectivity index (χ0) is 24.0. The van der Waals surface area contributed by atoms with E-state index in [0.29, 0.717) is 28.0 Å². The number of ketones is 1. The molecule has 0 radical (unpaired) electrons. The van der Waals surface area contributed by atoms with Gasteiger partial charge in [0, 0.05) is 23.2 Å². The molecule has 2 amide bonds. The van der Waals surface area contributed by atoms with Gasteiger partial charge in [0.05, 0.1) is 18.0 Å². The third-order valence-corrected chi connectivity index (χ3v) is 6.02. The summed E-state index contributed by atoms with van der Waals surface area (Å²) in [6.45, 7) is 3.89. The van der Waals surface area contributed by atoms with Crippen LogP contribution >= 0.6 is 24.6 Å². The molecule has 0 aromatic heterocycles. The van der Waals surface area contributed by atoms with E-state index in [1.54, 1.807) is 43.3 Å². The Bertz CT molecular complexity index is 1090. The minimum Gasteiger partial charge on any atom is -0.481 e. The number of carbonyl (C=O) groups excluding carboxylic acids is 4. The van der Waals surface area contributed by atoms with E-state index in [0.717, 1.165) is 10.6 Å². The van der Waals surface area contributed by atoms with Crippen LogP contribution in [0.5, 0.6) is 5.75 Å². The van der Waals surface area contributed by atoms with E-state index in [2.05, 4.69) is 17.5 Å². The fourth-order valence-corrected chi connectivity index (χ4v) is 4.31. The first-order valence-corrected chi connectivity index (χ1v) is 11.8. The molecule has 0 spiro atoms. The number of benzene rings is 2. The smallest absolute Gasteiger partial charge is 0.344 e. The molecule has 0 fully saturated rings. The number of hydrogen-bond donors (Lipinski definition) is 2. The van der Waals surface area contributed by atoms with Gasteiger partial charge in [-0.2, -0.15) is 0 Å². The van der Waals surface area contributed by atoms with Gasteiger partial charge in [0.25, 0.3) is 11.8 Å². The average molecular weight is 489 g/mol. The van der Waals surface area contributed by atoms with Crippen LogP contribution in [0.3, 0.4) is 0 Å². The van der Waals surface area contributed by atoms with Crippen LogP contribution in [0.25, 0.3) is 0 Å². The third-order valence-electron chi connectivity index (χ3n) is 4.90. The Balaban J connectivity index is 1.71. The Labute approximate surface area is 201 Å². The highest BCUT2D eigenvalue weighted by Gasteiger charge is 2.30. The first-order chi connectivity index (χ1) is 15.9. The maximum Gasteiger partial charge on any atom is 0.344 e. The lowest BCUT2D eigenvalue weighted by Crippen LogP contribution is -2.30. The van der Waals surface area contributed by atoms with Crippen molar-refractivity contribution < 1.29 is 28.7 Å². The molecule has 8 nitrogen and oxygen atoms in total. The molecule has 33 heavy (non-hydrogen) atoms. The minimum atomic E-state index is -0.466. The molecule has 2 aromatic carbocycles. The Morgan fingerprint density at radius 1 is 1.12 bits per heavy atom. The number of hydrogen-bond acceptors (Lipinski definition) is 8. The first kappa shape index (κ1) is 24.7. The quantitative estimate of drug-likeness (QED) is 0.229. The van der Waals surface area contributed by atoms with Crippen molar-refractivity contribution in [2.45, 2.75) is 25.3 Å². The molecule has 1 aliphatic heterocycles. The Morgan fingerprint density at radius 3 is 2.58 bits per heavy atom. The predicted molar refractivity (Wildman–Crippen MR) is 127 cm³/mol. The molecule has 10 heteroatoms. The van der Waals surface area contributed by atoms with E-state index < -0.39 is 5.97 Å². The number of ether oxygens (including phenoxy) is 2. The number of nitrogens with one attached hydrogen (secondary N) is 1. The summed E-state index contributed by atoms with van der Waals surface area (Å²) in [5.74, 6) is -0.0732. The van der Waals surface area contributed by atoms with Gasteiger partial charge in [0.2, 0.25) is 0 Å². The molecule has 2 aromatic rings. The third kappa shape index (κ3) is 5.88. The summed E-state index contributed by atoms with van der Waals surface area (Å²) in [6.07, 6.45) is 0. The van der Waals surface area contributed by atoms with Gasteiger partial charge in [-0.1, -0.05) is 19.7 Å². The van der Waals surface area contributed by atoms with Crippen LogP contribution in [0.2, 0.25) is 0 Å². The summed E-state index contributed by atoms with van der Waals surface area (Å²) in [4.78, 5) is 51.2. The van der Waals surface area contributed by atoms with Crippen molar-refractivity contribution in [2.75, 3.05) is 25.5 Å². The van der Waals surface area contributed by atoms with Crippen molar-refractivity contribution in [3.8, 4) is 5.75 Å². The van der Waals surface area contributed by atoms with Gasteiger partial charge in [0.1, 0.15) is 5.75 Å². The number of thioether (sulfide) groups is 1. The molecule has 0 atom stereocenters. The number of nitrogens with zero attached hydrogens (tertiary/aromatic N) is 1. The van der Waals surface area contributed by atoms with Crippen molar-refractivity contribution in [3.05, 3.63) is 58.7 Å². The normalized spacial score (nSPS) is 12.3. The van der Waals surface area contributed by atoms with E-state index in [1.165, 1.54) is 16.7 Å². The maximum atomic E-state index is 12.9. The molecule has 0 bridgehead atoms. The SMILES string of the molecule is CCOC(=O)COc1ccc(C(=O)CN2Cc3cc(C(=O)NS)ccc3C2=O)cc1SCC. The summed E-state index contributed by atoms with van der Waals surface area (Å²) in [7, 11) is 0. The van der Waals surface area contributed by atoms with Gasteiger partial charge >= 0.3 is 5.97 Å². The largest absolute Gasteiger partial charge is 0.481 e. The molecule has 1 aliphatic rings. The predicted octanol–water partition coefficient (Wildman–Crippen LogP) is 3.15. The van der Waals surface area contributed by atoms with Gasteiger partial charge in [-0.25, -0.2) is 4.79 Å². The van der Waals surface area contributed by atoms with E-state index >= 15 is 0 Å². The summed E-state index contributed by atoms with van der Waals surface area (Å²) in [6, 6.07) is 9.75. The van der Waals surface area contributed by atoms with Crippen molar-refractivity contribution in [1.29, 1.82) is 0 Å². The number of thiol groups is 1. The molecular weight excluding hydrogens is 464 g/mol. The van der Waals surface area contributed by atoms with E-state index in [1.807, 2.05) is 6.92 Å². The number of amides is 2. The maximum absolute atomic E-state index is 12.9. The Hall–Kier alpha value is -2.98. The molecule has 0 aliphatic carbocycles. The van der Waals surface area contributed by atoms with Gasteiger partial charge in [0.15, 0.2) is 12.4 Å². The van der Waals surface area contributed by atoms with Crippen molar-refractivity contribution in [2.24, 2.45) is 0 Å².